The Labute approximate surface area is 200 Å². The largest absolute Gasteiger partial charge is 0.424 e. The van der Waals surface area contributed by atoms with Gasteiger partial charge in [0.2, 0.25) is 0 Å². The van der Waals surface area contributed by atoms with Crippen LogP contribution in [-0.2, 0) is 0 Å². The Morgan fingerprint density at radius 2 is 2.00 bits per heavy atom. The monoisotopic (exact) mass is 476 g/mol. The van der Waals surface area contributed by atoms with E-state index in [2.05, 4.69) is 15.3 Å². The molecule has 3 heterocycles. The first kappa shape index (κ1) is 21.3. The van der Waals surface area contributed by atoms with Crippen molar-refractivity contribution >= 4 is 34.4 Å². The van der Waals surface area contributed by atoms with Crippen LogP contribution in [0.3, 0.4) is 0 Å². The van der Waals surface area contributed by atoms with Crippen LogP contribution in [-0.4, -0.2) is 39.9 Å². The van der Waals surface area contributed by atoms with Crippen molar-refractivity contribution < 1.29 is 13.6 Å². The van der Waals surface area contributed by atoms with Gasteiger partial charge in [-0.3, -0.25) is 4.79 Å². The van der Waals surface area contributed by atoms with Crippen molar-refractivity contribution in [1.82, 2.24) is 14.9 Å². The molecule has 2 aromatic heterocycles. The van der Waals surface area contributed by atoms with Crippen molar-refractivity contribution in [2.45, 2.75) is 32.2 Å². The number of hydrogen-bond acceptors (Lipinski definition) is 6. The second-order valence-corrected chi connectivity index (χ2v) is 10.4. The number of oxazole rings is 1. The van der Waals surface area contributed by atoms with E-state index in [-0.39, 0.29) is 17.8 Å². The third-order valence-electron chi connectivity index (χ3n) is 7.10. The van der Waals surface area contributed by atoms with Gasteiger partial charge >= 0.3 is 0 Å². The molecule has 0 spiro atoms. The van der Waals surface area contributed by atoms with E-state index in [0.717, 1.165) is 45.9 Å². The number of para-hydroxylation sites is 2. The van der Waals surface area contributed by atoms with Gasteiger partial charge in [0.05, 0.1) is 15.9 Å². The maximum Gasteiger partial charge on any atom is 0.295 e. The Morgan fingerprint density at radius 3 is 2.82 bits per heavy atom. The topological polar surface area (TPSA) is 71.3 Å². The molecule has 174 valence electrons. The minimum atomic E-state index is -0.296. The molecule has 1 saturated carbocycles. The van der Waals surface area contributed by atoms with Crippen molar-refractivity contribution in [3.05, 3.63) is 65.0 Å². The molecule has 1 aliphatic carbocycles. The van der Waals surface area contributed by atoms with E-state index in [1.165, 1.54) is 29.9 Å². The molecule has 6 nitrogen and oxygen atoms in total. The molecule has 2 fully saturated rings. The lowest BCUT2D eigenvalue weighted by molar-refractivity contribution is 0.0717. The molecule has 0 bridgehead atoms. The molecular formula is C26H25FN4O2S. The van der Waals surface area contributed by atoms with E-state index in [4.69, 9.17) is 4.42 Å². The summed E-state index contributed by atoms with van der Waals surface area (Å²) in [6, 6.07) is 14.5. The first-order chi connectivity index (χ1) is 16.6. The molecule has 2 aromatic carbocycles. The highest BCUT2D eigenvalue weighted by atomic mass is 32.1. The van der Waals surface area contributed by atoms with Crippen molar-refractivity contribution in [3.8, 4) is 10.4 Å². The van der Waals surface area contributed by atoms with Gasteiger partial charge in [0.15, 0.2) is 5.58 Å². The number of aryl methyl sites for hydroxylation is 1. The summed E-state index contributed by atoms with van der Waals surface area (Å²) < 4.78 is 19.3. The van der Waals surface area contributed by atoms with E-state index < -0.39 is 0 Å². The Bertz CT molecular complexity index is 1320. The zero-order valence-electron chi connectivity index (χ0n) is 18.8. The Kier molecular flexibility index (Phi) is 5.32. The van der Waals surface area contributed by atoms with E-state index in [1.807, 2.05) is 36.1 Å². The molecule has 6 rings (SSSR count). The maximum absolute atomic E-state index is 13.8. The molecule has 1 amide bonds. The summed E-state index contributed by atoms with van der Waals surface area (Å²) in [4.78, 5) is 25.8. The van der Waals surface area contributed by atoms with Crippen LogP contribution in [0.4, 0.5) is 10.4 Å². The number of halogens is 1. The highest BCUT2D eigenvalue weighted by Gasteiger charge is 2.46. The molecule has 1 N–H and O–H groups in total. The number of carbonyl (C=O) groups excluding carboxylic acids is 1. The Hall–Kier alpha value is -3.26. The molecule has 3 atom stereocenters. The molecule has 1 aliphatic heterocycles. The fourth-order valence-electron chi connectivity index (χ4n) is 5.56. The third kappa shape index (κ3) is 3.76. The highest BCUT2D eigenvalue weighted by Crippen LogP contribution is 2.43. The van der Waals surface area contributed by atoms with E-state index >= 15 is 0 Å². The predicted molar refractivity (Wildman–Crippen MR) is 130 cm³/mol. The number of benzene rings is 2. The van der Waals surface area contributed by atoms with Crippen LogP contribution in [0.15, 0.2) is 52.9 Å². The van der Waals surface area contributed by atoms with Gasteiger partial charge in [0.25, 0.3) is 11.9 Å². The minimum Gasteiger partial charge on any atom is -0.424 e. The van der Waals surface area contributed by atoms with Gasteiger partial charge in [-0.2, -0.15) is 4.98 Å². The number of amides is 1. The number of rotatable bonds is 5. The van der Waals surface area contributed by atoms with Crippen molar-refractivity contribution in [2.75, 3.05) is 18.4 Å². The van der Waals surface area contributed by atoms with Crippen LogP contribution in [0, 0.1) is 24.6 Å². The number of nitrogens with one attached hydrogen (secondary N) is 1. The molecule has 8 heteroatoms. The molecule has 34 heavy (non-hydrogen) atoms. The van der Waals surface area contributed by atoms with Crippen molar-refractivity contribution in [1.29, 1.82) is 0 Å². The number of nitrogens with zero attached hydrogens (tertiary/aromatic N) is 3. The number of fused-ring (bicyclic) bond motifs is 2. The minimum absolute atomic E-state index is 0.0399. The van der Waals surface area contributed by atoms with Gasteiger partial charge < -0.3 is 14.6 Å². The second kappa shape index (κ2) is 8.51. The quantitative estimate of drug-likeness (QED) is 0.397. The standard InChI is InChI=1S/C26H25FN4O2S/c1-15-29-23(24(34-15)16-9-11-18(27)12-10-16)25(32)31-14-17-5-4-6-19(17)21(31)13-28-26-30-20-7-2-3-8-22(20)33-26/h2-3,7-12,17,19,21H,4-6,13-14H2,1H3,(H,28,30). The third-order valence-corrected chi connectivity index (χ3v) is 8.12. The van der Waals surface area contributed by atoms with Crippen molar-refractivity contribution in [2.24, 2.45) is 11.8 Å². The molecule has 4 aromatic rings. The first-order valence-electron chi connectivity index (χ1n) is 11.7. The number of likely N-dealkylation sites (tertiary alicyclic amines) is 1. The van der Waals surface area contributed by atoms with E-state index in [9.17, 15) is 9.18 Å². The number of thiazole rings is 1. The van der Waals surface area contributed by atoms with Crippen LogP contribution >= 0.6 is 11.3 Å². The summed E-state index contributed by atoms with van der Waals surface area (Å²) in [5, 5.41) is 4.17. The number of carbonyl (C=O) groups is 1. The van der Waals surface area contributed by atoms with Crippen molar-refractivity contribution in [3.63, 3.8) is 0 Å². The number of hydrogen-bond donors (Lipinski definition) is 1. The van der Waals surface area contributed by atoms with Gasteiger partial charge in [0.1, 0.15) is 17.0 Å². The SMILES string of the molecule is Cc1nc(C(=O)N2CC3CCCC3C2CNc2nc3ccccc3o2)c(-c2ccc(F)cc2)s1. The van der Waals surface area contributed by atoms with Gasteiger partial charge in [-0.25, -0.2) is 9.37 Å². The normalized spacial score (nSPS) is 21.8. The highest BCUT2D eigenvalue weighted by molar-refractivity contribution is 7.15. The zero-order valence-corrected chi connectivity index (χ0v) is 19.6. The Balaban J connectivity index is 1.28. The average Bonchev–Trinajstić information content (AvgIpc) is 3.60. The van der Waals surface area contributed by atoms with Crippen LogP contribution < -0.4 is 5.32 Å². The first-order valence-corrected chi connectivity index (χ1v) is 12.5. The molecule has 1 saturated heterocycles. The van der Waals surface area contributed by atoms with Crippen LogP contribution in [0.5, 0.6) is 0 Å². The van der Waals surface area contributed by atoms with Gasteiger partial charge in [-0.1, -0.05) is 30.7 Å². The van der Waals surface area contributed by atoms with Gasteiger partial charge in [0, 0.05) is 13.1 Å². The molecule has 2 aliphatic rings. The van der Waals surface area contributed by atoms with Crippen LogP contribution in [0.25, 0.3) is 21.5 Å². The smallest absolute Gasteiger partial charge is 0.295 e. The summed E-state index contributed by atoms with van der Waals surface area (Å²) in [7, 11) is 0. The van der Waals surface area contributed by atoms with E-state index in [1.54, 1.807) is 12.1 Å². The van der Waals surface area contributed by atoms with Crippen LogP contribution in [0.2, 0.25) is 0 Å². The lowest BCUT2D eigenvalue weighted by Gasteiger charge is -2.27. The molecular weight excluding hydrogens is 451 g/mol. The van der Waals surface area contributed by atoms with Gasteiger partial charge in [-0.05, 0) is 61.4 Å². The zero-order chi connectivity index (χ0) is 23.2. The summed E-state index contributed by atoms with van der Waals surface area (Å²) >= 11 is 1.47. The fourth-order valence-corrected chi connectivity index (χ4v) is 6.47. The lowest BCUT2D eigenvalue weighted by atomic mass is 9.94. The molecule has 3 unspecified atom stereocenters. The number of anilines is 1. The molecule has 0 radical (unpaired) electrons. The lowest BCUT2D eigenvalue weighted by Crippen LogP contribution is -2.42. The Morgan fingerprint density at radius 1 is 1.18 bits per heavy atom. The maximum atomic E-state index is 13.8. The predicted octanol–water partition coefficient (Wildman–Crippen LogP) is 5.75. The summed E-state index contributed by atoms with van der Waals surface area (Å²) in [6.07, 6.45) is 3.47. The summed E-state index contributed by atoms with van der Waals surface area (Å²) in [5.74, 6) is 0.612. The number of aromatic nitrogens is 2. The van der Waals surface area contributed by atoms with Gasteiger partial charge in [-0.15, -0.1) is 11.3 Å². The second-order valence-electron chi connectivity index (χ2n) is 9.16. The summed E-state index contributed by atoms with van der Waals surface area (Å²) in [5.41, 5.74) is 2.83. The average molecular weight is 477 g/mol. The summed E-state index contributed by atoms with van der Waals surface area (Å²) in [6.45, 7) is 3.22. The fraction of sp³-hybridized carbons (Fsp3) is 0.346. The van der Waals surface area contributed by atoms with E-state index in [0.29, 0.717) is 30.1 Å². The van der Waals surface area contributed by atoms with Crippen LogP contribution in [0.1, 0.15) is 34.8 Å².